The molecule has 2 heterocycles. The van der Waals surface area contributed by atoms with E-state index < -0.39 is 0 Å². The number of benzene rings is 1. The van der Waals surface area contributed by atoms with Crippen LogP contribution in [0.1, 0.15) is 23.2 Å². The fourth-order valence-electron chi connectivity index (χ4n) is 3.41. The molecule has 124 valence electrons. The second-order valence-corrected chi connectivity index (χ2v) is 6.44. The highest BCUT2D eigenvalue weighted by molar-refractivity contribution is 5.54. The lowest BCUT2D eigenvalue weighted by Crippen LogP contribution is -2.47. The third kappa shape index (κ3) is 3.12. The lowest BCUT2D eigenvalue weighted by Gasteiger charge is -2.35. The molecular weight excluding hydrogens is 300 g/mol. The minimum atomic E-state index is -0.0161. The molecule has 5 heteroatoms. The Kier molecular flexibility index (Phi) is 4.17. The maximum atomic E-state index is 12.2. The number of fused-ring (bicyclic) bond motifs is 1. The van der Waals surface area contributed by atoms with Crippen LogP contribution in [-0.2, 0) is 13.0 Å². The van der Waals surface area contributed by atoms with Crippen molar-refractivity contribution >= 4 is 12.0 Å². The van der Waals surface area contributed by atoms with Gasteiger partial charge in [-0.2, -0.15) is 0 Å². The van der Waals surface area contributed by atoms with Crippen LogP contribution in [0.3, 0.4) is 0 Å². The molecule has 0 saturated carbocycles. The molecule has 1 aromatic carbocycles. The van der Waals surface area contributed by atoms with Crippen LogP contribution in [0.2, 0.25) is 0 Å². The van der Waals surface area contributed by atoms with Gasteiger partial charge < -0.3 is 4.90 Å². The zero-order chi connectivity index (χ0) is 16.4. The third-order valence-electron chi connectivity index (χ3n) is 4.77. The van der Waals surface area contributed by atoms with Crippen molar-refractivity contribution in [2.75, 3.05) is 31.1 Å². The molecule has 0 unspecified atom stereocenters. The zero-order valence-corrected chi connectivity index (χ0v) is 13.7. The van der Waals surface area contributed by atoms with E-state index in [2.05, 4.69) is 45.1 Å². The summed E-state index contributed by atoms with van der Waals surface area (Å²) < 4.78 is 0. The Morgan fingerprint density at radius 3 is 2.67 bits per heavy atom. The van der Waals surface area contributed by atoms with E-state index in [-0.39, 0.29) is 5.56 Å². The van der Waals surface area contributed by atoms with E-state index in [0.717, 1.165) is 62.8 Å². The predicted molar refractivity (Wildman–Crippen MR) is 96.1 cm³/mol. The summed E-state index contributed by atoms with van der Waals surface area (Å²) in [5, 5.41) is 0. The summed E-state index contributed by atoms with van der Waals surface area (Å²) in [4.78, 5) is 24.6. The number of anilines is 1. The quantitative estimate of drug-likeness (QED) is 0.940. The van der Waals surface area contributed by atoms with Crippen molar-refractivity contribution in [3.05, 3.63) is 63.6 Å². The van der Waals surface area contributed by atoms with Crippen LogP contribution >= 0.6 is 0 Å². The van der Waals surface area contributed by atoms with Gasteiger partial charge in [-0.3, -0.25) is 14.7 Å². The molecular formula is C19H22N4O. The summed E-state index contributed by atoms with van der Waals surface area (Å²) in [6.07, 6.45) is 5.76. The molecule has 1 aromatic heterocycles. The van der Waals surface area contributed by atoms with Gasteiger partial charge in [-0.15, -0.1) is 0 Å². The lowest BCUT2D eigenvalue weighted by molar-refractivity contribution is 0.248. The number of aromatic amines is 1. The number of hydrogen-bond acceptors (Lipinski definition) is 4. The van der Waals surface area contributed by atoms with Crippen LogP contribution in [0.5, 0.6) is 0 Å². The minimum absolute atomic E-state index is 0.0161. The van der Waals surface area contributed by atoms with Crippen molar-refractivity contribution in [1.82, 2.24) is 14.9 Å². The first-order valence-corrected chi connectivity index (χ1v) is 8.60. The molecule has 4 rings (SSSR count). The van der Waals surface area contributed by atoms with Gasteiger partial charge in [-0.1, -0.05) is 42.5 Å². The van der Waals surface area contributed by atoms with Gasteiger partial charge in [-0.05, 0) is 18.4 Å². The van der Waals surface area contributed by atoms with Gasteiger partial charge >= 0.3 is 0 Å². The monoisotopic (exact) mass is 322 g/mol. The predicted octanol–water partition coefficient (Wildman–Crippen LogP) is 2.05. The normalized spacial score (nSPS) is 17.8. The van der Waals surface area contributed by atoms with Crippen LogP contribution in [0, 0.1) is 0 Å². The Morgan fingerprint density at radius 1 is 1.08 bits per heavy atom. The second-order valence-electron chi connectivity index (χ2n) is 6.44. The first-order valence-electron chi connectivity index (χ1n) is 8.60. The van der Waals surface area contributed by atoms with Crippen LogP contribution in [-0.4, -0.2) is 41.0 Å². The highest BCUT2D eigenvalue weighted by Gasteiger charge is 2.20. The van der Waals surface area contributed by atoms with E-state index in [1.54, 1.807) is 0 Å². The SMILES string of the molecule is O=c1[nH]c(N2CCN(Cc3ccccc3)CC2)nc2c1C=CCC2. The lowest BCUT2D eigenvalue weighted by atomic mass is 10.0. The van der Waals surface area contributed by atoms with Gasteiger partial charge in [0.15, 0.2) is 0 Å². The first kappa shape index (κ1) is 15.1. The summed E-state index contributed by atoms with van der Waals surface area (Å²) in [6.45, 7) is 4.73. The van der Waals surface area contributed by atoms with E-state index >= 15 is 0 Å². The Bertz CT molecular complexity index is 789. The number of aromatic nitrogens is 2. The number of rotatable bonds is 3. The largest absolute Gasteiger partial charge is 0.340 e. The van der Waals surface area contributed by atoms with E-state index in [1.165, 1.54) is 5.56 Å². The second kappa shape index (κ2) is 6.61. The molecule has 2 aromatic rings. The van der Waals surface area contributed by atoms with E-state index in [9.17, 15) is 4.79 Å². The van der Waals surface area contributed by atoms with Gasteiger partial charge in [0.05, 0.1) is 11.3 Å². The smallest absolute Gasteiger partial charge is 0.259 e. The number of aryl methyl sites for hydroxylation is 1. The molecule has 1 aliphatic heterocycles. The van der Waals surface area contributed by atoms with Crippen LogP contribution < -0.4 is 10.5 Å². The number of piperazine rings is 1. The number of nitrogens with one attached hydrogen (secondary N) is 1. The average molecular weight is 322 g/mol. The maximum Gasteiger partial charge on any atom is 0.259 e. The average Bonchev–Trinajstić information content (AvgIpc) is 2.63. The Labute approximate surface area is 141 Å². The molecule has 0 bridgehead atoms. The third-order valence-corrected chi connectivity index (χ3v) is 4.77. The molecule has 1 fully saturated rings. The summed E-state index contributed by atoms with van der Waals surface area (Å²) >= 11 is 0. The highest BCUT2D eigenvalue weighted by Crippen LogP contribution is 2.17. The highest BCUT2D eigenvalue weighted by atomic mass is 16.1. The Balaban J connectivity index is 1.44. The van der Waals surface area contributed by atoms with Crippen molar-refractivity contribution in [2.24, 2.45) is 0 Å². The van der Waals surface area contributed by atoms with Gasteiger partial charge in [-0.25, -0.2) is 4.98 Å². The maximum absolute atomic E-state index is 12.2. The Morgan fingerprint density at radius 2 is 1.88 bits per heavy atom. The number of allylic oxidation sites excluding steroid dienone is 1. The summed E-state index contributed by atoms with van der Waals surface area (Å²) in [7, 11) is 0. The molecule has 0 atom stereocenters. The van der Waals surface area contributed by atoms with E-state index in [1.807, 2.05) is 12.2 Å². The fraction of sp³-hybridized carbons (Fsp3) is 0.368. The number of H-pyrrole nitrogens is 1. The molecule has 1 saturated heterocycles. The molecule has 2 aliphatic rings. The van der Waals surface area contributed by atoms with E-state index in [0.29, 0.717) is 0 Å². The summed E-state index contributed by atoms with van der Waals surface area (Å²) in [5.41, 5.74) is 2.99. The van der Waals surface area contributed by atoms with Crippen molar-refractivity contribution in [3.63, 3.8) is 0 Å². The number of nitrogens with zero attached hydrogens (tertiary/aromatic N) is 3. The summed E-state index contributed by atoms with van der Waals surface area (Å²) in [5.74, 6) is 0.730. The van der Waals surface area contributed by atoms with Crippen molar-refractivity contribution in [1.29, 1.82) is 0 Å². The van der Waals surface area contributed by atoms with Crippen LogP contribution in [0.25, 0.3) is 6.08 Å². The molecule has 5 nitrogen and oxygen atoms in total. The molecule has 24 heavy (non-hydrogen) atoms. The standard InChI is InChI=1S/C19H22N4O/c24-18-16-8-4-5-9-17(16)20-19(21-18)23-12-10-22(11-13-23)14-15-6-2-1-3-7-15/h1-4,6-8H,5,9-14H2,(H,20,21,24). The number of hydrogen-bond donors (Lipinski definition) is 1. The molecule has 0 radical (unpaired) electrons. The van der Waals surface area contributed by atoms with E-state index in [4.69, 9.17) is 4.98 Å². The van der Waals surface area contributed by atoms with Gasteiger partial charge in [0.25, 0.3) is 5.56 Å². The minimum Gasteiger partial charge on any atom is -0.340 e. The molecule has 0 spiro atoms. The summed E-state index contributed by atoms with van der Waals surface area (Å²) in [6, 6.07) is 10.6. The van der Waals surface area contributed by atoms with Gasteiger partial charge in [0.2, 0.25) is 5.95 Å². The molecule has 0 amide bonds. The van der Waals surface area contributed by atoms with Crippen molar-refractivity contribution in [2.45, 2.75) is 19.4 Å². The van der Waals surface area contributed by atoms with Crippen LogP contribution in [0.15, 0.2) is 41.2 Å². The van der Waals surface area contributed by atoms with Crippen LogP contribution in [0.4, 0.5) is 5.95 Å². The van der Waals surface area contributed by atoms with Crippen molar-refractivity contribution < 1.29 is 0 Å². The zero-order valence-electron chi connectivity index (χ0n) is 13.7. The Hall–Kier alpha value is -2.40. The molecule has 1 aliphatic carbocycles. The topological polar surface area (TPSA) is 52.2 Å². The van der Waals surface area contributed by atoms with Crippen molar-refractivity contribution in [3.8, 4) is 0 Å². The van der Waals surface area contributed by atoms with Gasteiger partial charge in [0.1, 0.15) is 0 Å². The first-order chi connectivity index (χ1) is 11.8. The molecule has 1 N–H and O–H groups in total. The fourth-order valence-corrected chi connectivity index (χ4v) is 3.41. The van der Waals surface area contributed by atoms with Gasteiger partial charge in [0, 0.05) is 32.7 Å².